The van der Waals surface area contributed by atoms with E-state index in [4.69, 9.17) is 0 Å². The molecule has 1 aliphatic carbocycles. The maximum absolute atomic E-state index is 13.6. The molecule has 2 aromatic carbocycles. The SMILES string of the molecule is CCCCN(CCCC)c1ccc(/C=C2\CC(C)C/C(=C\c3ccc(N(CCCC)CCCC)cc3)C2=O)cc1. The van der Waals surface area contributed by atoms with E-state index in [2.05, 4.69) is 105 Å². The maximum atomic E-state index is 13.6. The third-order valence-corrected chi connectivity index (χ3v) is 8.04. The van der Waals surface area contributed by atoms with Crippen LogP contribution in [0.2, 0.25) is 0 Å². The van der Waals surface area contributed by atoms with Crippen molar-refractivity contribution in [2.45, 2.75) is 98.8 Å². The predicted molar refractivity (Wildman–Crippen MR) is 176 cm³/mol. The van der Waals surface area contributed by atoms with Crippen molar-refractivity contribution >= 4 is 29.3 Å². The van der Waals surface area contributed by atoms with Crippen LogP contribution in [0.3, 0.4) is 0 Å². The van der Waals surface area contributed by atoms with Gasteiger partial charge in [-0.1, -0.05) is 84.6 Å². The van der Waals surface area contributed by atoms with Gasteiger partial charge in [-0.2, -0.15) is 0 Å². The number of benzene rings is 2. The van der Waals surface area contributed by atoms with Crippen molar-refractivity contribution in [3.63, 3.8) is 0 Å². The molecule has 0 aliphatic heterocycles. The van der Waals surface area contributed by atoms with Crippen LogP contribution < -0.4 is 9.80 Å². The predicted octanol–water partition coefficient (Wildman–Crippen LogP) is 9.97. The van der Waals surface area contributed by atoms with Gasteiger partial charge in [0.05, 0.1) is 0 Å². The summed E-state index contributed by atoms with van der Waals surface area (Å²) < 4.78 is 0. The quantitative estimate of drug-likeness (QED) is 0.197. The fourth-order valence-corrected chi connectivity index (χ4v) is 5.56. The number of allylic oxidation sites excluding steroid dienone is 2. The highest BCUT2D eigenvalue weighted by Crippen LogP contribution is 2.32. The molecule has 0 aromatic heterocycles. The molecule has 0 N–H and O–H groups in total. The van der Waals surface area contributed by atoms with E-state index in [1.807, 2.05) is 0 Å². The molecule has 3 heteroatoms. The summed E-state index contributed by atoms with van der Waals surface area (Å²) in [5, 5.41) is 0. The zero-order valence-corrected chi connectivity index (χ0v) is 26.1. The summed E-state index contributed by atoms with van der Waals surface area (Å²) >= 11 is 0. The van der Waals surface area contributed by atoms with Crippen molar-refractivity contribution in [1.82, 2.24) is 0 Å². The van der Waals surface area contributed by atoms with Crippen LogP contribution in [0.5, 0.6) is 0 Å². The number of nitrogens with zero attached hydrogens (tertiary/aromatic N) is 2. The van der Waals surface area contributed by atoms with Gasteiger partial charge in [0.2, 0.25) is 0 Å². The Bertz CT molecular complexity index is 979. The molecule has 3 rings (SSSR count). The Balaban J connectivity index is 1.75. The van der Waals surface area contributed by atoms with Gasteiger partial charge in [-0.15, -0.1) is 0 Å². The van der Waals surface area contributed by atoms with Crippen molar-refractivity contribution in [2.24, 2.45) is 5.92 Å². The van der Waals surface area contributed by atoms with Gasteiger partial charge >= 0.3 is 0 Å². The minimum Gasteiger partial charge on any atom is -0.372 e. The molecule has 0 bridgehead atoms. The molecular weight excluding hydrogens is 488 g/mol. The van der Waals surface area contributed by atoms with Crippen molar-refractivity contribution in [3.8, 4) is 0 Å². The Hall–Kier alpha value is -2.81. The van der Waals surface area contributed by atoms with E-state index in [9.17, 15) is 4.79 Å². The van der Waals surface area contributed by atoms with Gasteiger partial charge in [0.25, 0.3) is 0 Å². The molecule has 0 atom stereocenters. The number of Topliss-reactive ketones (excluding diaryl/α,β-unsaturated/α-hetero) is 1. The first-order chi connectivity index (χ1) is 19.5. The second kappa shape index (κ2) is 17.1. The maximum Gasteiger partial charge on any atom is 0.185 e. The van der Waals surface area contributed by atoms with Gasteiger partial charge in [0, 0.05) is 48.7 Å². The van der Waals surface area contributed by atoms with Crippen LogP contribution in [0, 0.1) is 5.92 Å². The van der Waals surface area contributed by atoms with Crippen LogP contribution in [0.1, 0.15) is 110 Å². The van der Waals surface area contributed by atoms with Gasteiger partial charge in [-0.3, -0.25) is 4.79 Å². The largest absolute Gasteiger partial charge is 0.372 e. The fraction of sp³-hybridized carbons (Fsp3) is 0.541. The second-order valence-corrected chi connectivity index (χ2v) is 11.8. The molecule has 2 aromatic rings. The molecule has 1 fully saturated rings. The van der Waals surface area contributed by atoms with Crippen LogP contribution >= 0.6 is 0 Å². The number of ketones is 1. The lowest BCUT2D eigenvalue weighted by atomic mass is 9.81. The topological polar surface area (TPSA) is 23.6 Å². The molecule has 40 heavy (non-hydrogen) atoms. The minimum atomic E-state index is 0.214. The highest BCUT2D eigenvalue weighted by molar-refractivity contribution is 6.14. The number of anilines is 2. The molecule has 0 amide bonds. The van der Waals surface area contributed by atoms with E-state index < -0.39 is 0 Å². The van der Waals surface area contributed by atoms with Crippen molar-refractivity contribution in [1.29, 1.82) is 0 Å². The number of hydrogen-bond donors (Lipinski definition) is 0. The van der Waals surface area contributed by atoms with Crippen LogP contribution in [0.4, 0.5) is 11.4 Å². The number of carbonyl (C=O) groups is 1. The summed E-state index contributed by atoms with van der Waals surface area (Å²) in [5.41, 5.74) is 6.70. The summed E-state index contributed by atoms with van der Waals surface area (Å²) in [5.74, 6) is 0.678. The molecule has 1 saturated carbocycles. The third-order valence-electron chi connectivity index (χ3n) is 8.04. The average Bonchev–Trinajstić information content (AvgIpc) is 2.97. The summed E-state index contributed by atoms with van der Waals surface area (Å²) in [6, 6.07) is 17.7. The number of unbranched alkanes of at least 4 members (excludes halogenated alkanes) is 4. The van der Waals surface area contributed by atoms with Gasteiger partial charge in [-0.25, -0.2) is 0 Å². The molecule has 0 saturated heterocycles. The van der Waals surface area contributed by atoms with E-state index in [1.54, 1.807) is 0 Å². The fourth-order valence-electron chi connectivity index (χ4n) is 5.56. The molecule has 0 heterocycles. The van der Waals surface area contributed by atoms with E-state index in [1.165, 1.54) is 62.7 Å². The Labute approximate surface area is 245 Å². The standard InChI is InChI=1S/C37H54N2O/c1-6-10-22-38(23-11-7-2)35-18-14-31(15-19-35)28-33-26-30(5)27-34(37(33)40)29-32-16-20-36(21-17-32)39(24-12-8-3)25-13-9-4/h14-21,28-30H,6-13,22-27H2,1-5H3/b33-28+,34-29+. The van der Waals surface area contributed by atoms with E-state index in [0.29, 0.717) is 5.92 Å². The monoisotopic (exact) mass is 542 g/mol. The summed E-state index contributed by atoms with van der Waals surface area (Å²) in [6.07, 6.45) is 15.7. The molecule has 0 radical (unpaired) electrons. The van der Waals surface area contributed by atoms with Crippen LogP contribution in [0.15, 0.2) is 59.7 Å². The van der Waals surface area contributed by atoms with E-state index >= 15 is 0 Å². The van der Waals surface area contributed by atoms with Crippen molar-refractivity contribution in [3.05, 3.63) is 70.8 Å². The van der Waals surface area contributed by atoms with Crippen molar-refractivity contribution < 1.29 is 4.79 Å². The Kier molecular flexibility index (Phi) is 13.6. The number of rotatable bonds is 16. The first kappa shape index (κ1) is 31.7. The lowest BCUT2D eigenvalue weighted by molar-refractivity contribution is -0.113. The van der Waals surface area contributed by atoms with Crippen molar-refractivity contribution in [2.75, 3.05) is 36.0 Å². The Morgan fingerprint density at radius 3 is 1.23 bits per heavy atom. The molecular formula is C37H54N2O. The minimum absolute atomic E-state index is 0.214. The van der Waals surface area contributed by atoms with Crippen LogP contribution in [0.25, 0.3) is 12.2 Å². The summed E-state index contributed by atoms with van der Waals surface area (Å²) in [6.45, 7) is 15.7. The Morgan fingerprint density at radius 2 is 0.925 bits per heavy atom. The van der Waals surface area contributed by atoms with Crippen LogP contribution in [-0.4, -0.2) is 32.0 Å². The third kappa shape index (κ3) is 9.68. The van der Waals surface area contributed by atoms with E-state index in [0.717, 1.165) is 61.3 Å². The average molecular weight is 543 g/mol. The normalized spacial score (nSPS) is 17.5. The summed E-state index contributed by atoms with van der Waals surface area (Å²) in [4.78, 5) is 18.6. The highest BCUT2D eigenvalue weighted by atomic mass is 16.1. The first-order valence-electron chi connectivity index (χ1n) is 16.1. The number of carbonyl (C=O) groups excluding carboxylic acids is 1. The molecule has 3 nitrogen and oxygen atoms in total. The van der Waals surface area contributed by atoms with Gasteiger partial charge in [0.1, 0.15) is 0 Å². The highest BCUT2D eigenvalue weighted by Gasteiger charge is 2.25. The molecule has 0 unspecified atom stereocenters. The van der Waals surface area contributed by atoms with Crippen LogP contribution in [-0.2, 0) is 4.79 Å². The molecule has 1 aliphatic rings. The smallest absolute Gasteiger partial charge is 0.185 e. The molecule has 218 valence electrons. The zero-order valence-electron chi connectivity index (χ0n) is 26.1. The van der Waals surface area contributed by atoms with Gasteiger partial charge in [0.15, 0.2) is 5.78 Å². The lowest BCUT2D eigenvalue weighted by Gasteiger charge is -2.25. The zero-order chi connectivity index (χ0) is 28.7. The Morgan fingerprint density at radius 1 is 0.600 bits per heavy atom. The number of hydrogen-bond acceptors (Lipinski definition) is 3. The first-order valence-corrected chi connectivity index (χ1v) is 16.1. The molecule has 0 spiro atoms. The van der Waals surface area contributed by atoms with Gasteiger partial charge < -0.3 is 9.80 Å². The summed E-state index contributed by atoms with van der Waals surface area (Å²) in [7, 11) is 0. The van der Waals surface area contributed by atoms with E-state index in [-0.39, 0.29) is 5.78 Å². The van der Waals surface area contributed by atoms with Gasteiger partial charge in [-0.05, 0) is 92.0 Å². The lowest BCUT2D eigenvalue weighted by Crippen LogP contribution is -2.25. The second-order valence-electron chi connectivity index (χ2n) is 11.8.